The Bertz CT molecular complexity index is 953. The van der Waals surface area contributed by atoms with Crippen molar-refractivity contribution in [1.29, 1.82) is 0 Å². The molecule has 8 heteroatoms. The number of rotatable bonds is 5. The molecule has 0 unspecified atom stereocenters. The largest absolute Gasteiger partial charge is 0.338 e. The van der Waals surface area contributed by atoms with Crippen LogP contribution in [0.1, 0.15) is 28.8 Å². The number of nitrogens with one attached hydrogen (secondary N) is 1. The molecule has 4 rings (SSSR count). The number of hydrogen-bond donors (Lipinski definition) is 1. The molecule has 2 amide bonds. The van der Waals surface area contributed by atoms with Gasteiger partial charge in [-0.25, -0.2) is 4.68 Å². The monoisotopic (exact) mass is 362 g/mol. The maximum Gasteiger partial charge on any atom is 0.255 e. The first kappa shape index (κ1) is 16.9. The van der Waals surface area contributed by atoms with E-state index in [1.807, 2.05) is 29.2 Å². The van der Waals surface area contributed by atoms with E-state index in [1.54, 1.807) is 24.3 Å². The van der Waals surface area contributed by atoms with E-state index in [9.17, 15) is 9.59 Å². The Labute approximate surface area is 155 Å². The number of nitrogens with zero attached hydrogens (tertiary/aromatic N) is 5. The fourth-order valence-corrected chi connectivity index (χ4v) is 3.06. The van der Waals surface area contributed by atoms with E-state index in [1.165, 1.54) is 11.0 Å². The van der Waals surface area contributed by atoms with Crippen LogP contribution in [0.3, 0.4) is 0 Å². The summed E-state index contributed by atoms with van der Waals surface area (Å²) in [6, 6.07) is 14.6. The Morgan fingerprint density at radius 2 is 2.00 bits per heavy atom. The van der Waals surface area contributed by atoms with Crippen molar-refractivity contribution < 1.29 is 9.59 Å². The van der Waals surface area contributed by atoms with Gasteiger partial charge in [0.1, 0.15) is 6.33 Å². The molecule has 1 saturated heterocycles. The Morgan fingerprint density at radius 1 is 1.15 bits per heavy atom. The lowest BCUT2D eigenvalue weighted by Crippen LogP contribution is -2.23. The van der Waals surface area contributed by atoms with E-state index in [4.69, 9.17) is 0 Å². The molecule has 2 aromatic carbocycles. The lowest BCUT2D eigenvalue weighted by Gasteiger charge is -2.15. The van der Waals surface area contributed by atoms with Crippen LogP contribution in [0.25, 0.3) is 5.69 Å². The molecule has 1 aromatic heterocycles. The van der Waals surface area contributed by atoms with Gasteiger partial charge < -0.3 is 10.2 Å². The van der Waals surface area contributed by atoms with Crippen molar-refractivity contribution in [2.45, 2.75) is 19.4 Å². The summed E-state index contributed by atoms with van der Waals surface area (Å²) in [5.74, 6) is -0.00746. The van der Waals surface area contributed by atoms with Gasteiger partial charge in [0.05, 0.1) is 5.69 Å². The first-order chi connectivity index (χ1) is 13.2. The van der Waals surface area contributed by atoms with E-state index >= 15 is 0 Å². The van der Waals surface area contributed by atoms with Gasteiger partial charge in [0.15, 0.2) is 0 Å². The zero-order valence-electron chi connectivity index (χ0n) is 14.6. The van der Waals surface area contributed by atoms with Crippen molar-refractivity contribution in [3.8, 4) is 5.69 Å². The standard InChI is InChI=1S/C19H18N6O2/c26-18-5-2-10-24(18)12-14-6-8-15(9-7-14)19(27)21-16-3-1-4-17(11-16)25-13-20-22-23-25/h1,3-4,6-9,11,13H,2,5,10,12H2,(H,21,27). The minimum atomic E-state index is -0.201. The molecule has 1 aliphatic rings. The summed E-state index contributed by atoms with van der Waals surface area (Å²) >= 11 is 0. The molecule has 1 aliphatic heterocycles. The average molecular weight is 362 g/mol. The number of likely N-dealkylation sites (tertiary alicyclic amines) is 1. The van der Waals surface area contributed by atoms with Crippen LogP contribution in [0.4, 0.5) is 5.69 Å². The highest BCUT2D eigenvalue weighted by atomic mass is 16.2. The molecule has 0 bridgehead atoms. The van der Waals surface area contributed by atoms with Crippen LogP contribution in [-0.4, -0.2) is 43.5 Å². The predicted octanol–water partition coefficient (Wildman–Crippen LogP) is 2.04. The zero-order chi connectivity index (χ0) is 18.6. The summed E-state index contributed by atoms with van der Waals surface area (Å²) in [7, 11) is 0. The number of aromatic nitrogens is 4. The first-order valence-corrected chi connectivity index (χ1v) is 8.70. The summed E-state index contributed by atoms with van der Waals surface area (Å²) in [4.78, 5) is 26.1. The Balaban J connectivity index is 1.42. The topological polar surface area (TPSA) is 93.0 Å². The number of carbonyl (C=O) groups is 2. The van der Waals surface area contributed by atoms with E-state index in [2.05, 4.69) is 20.8 Å². The molecule has 0 spiro atoms. The SMILES string of the molecule is O=C(Nc1cccc(-n2cnnn2)c1)c1ccc(CN2CCCC2=O)cc1. The molecule has 0 radical (unpaired) electrons. The third-order valence-electron chi connectivity index (χ3n) is 4.48. The molecule has 136 valence electrons. The predicted molar refractivity (Wildman–Crippen MR) is 98.2 cm³/mol. The summed E-state index contributed by atoms with van der Waals surface area (Å²) in [5.41, 5.74) is 2.98. The molecular weight excluding hydrogens is 344 g/mol. The van der Waals surface area contributed by atoms with Crippen molar-refractivity contribution >= 4 is 17.5 Å². The number of hydrogen-bond acceptors (Lipinski definition) is 5. The smallest absolute Gasteiger partial charge is 0.255 e. The highest BCUT2D eigenvalue weighted by molar-refractivity contribution is 6.04. The van der Waals surface area contributed by atoms with Gasteiger partial charge >= 0.3 is 0 Å². The van der Waals surface area contributed by atoms with Crippen LogP contribution in [0.15, 0.2) is 54.9 Å². The lowest BCUT2D eigenvalue weighted by molar-refractivity contribution is -0.128. The zero-order valence-corrected chi connectivity index (χ0v) is 14.6. The molecular formula is C19H18N6O2. The minimum Gasteiger partial charge on any atom is -0.338 e. The number of carbonyl (C=O) groups excluding carboxylic acids is 2. The molecule has 3 aromatic rings. The van der Waals surface area contributed by atoms with E-state index < -0.39 is 0 Å². The number of benzene rings is 2. The maximum atomic E-state index is 12.5. The fraction of sp³-hybridized carbons (Fsp3) is 0.211. The van der Waals surface area contributed by atoms with Gasteiger partial charge in [-0.15, -0.1) is 5.10 Å². The quantitative estimate of drug-likeness (QED) is 0.750. The van der Waals surface area contributed by atoms with Crippen LogP contribution in [0, 0.1) is 0 Å². The lowest BCUT2D eigenvalue weighted by atomic mass is 10.1. The second-order valence-corrected chi connectivity index (χ2v) is 6.37. The van der Waals surface area contributed by atoms with Gasteiger partial charge in [-0.3, -0.25) is 9.59 Å². The highest BCUT2D eigenvalue weighted by Gasteiger charge is 2.20. The van der Waals surface area contributed by atoms with Gasteiger partial charge in [-0.05, 0) is 52.7 Å². The van der Waals surface area contributed by atoms with Gasteiger partial charge in [0, 0.05) is 30.8 Å². The molecule has 0 saturated carbocycles. The number of tetrazole rings is 1. The van der Waals surface area contributed by atoms with E-state index in [-0.39, 0.29) is 11.8 Å². The summed E-state index contributed by atoms with van der Waals surface area (Å²) in [6.07, 6.45) is 3.04. The summed E-state index contributed by atoms with van der Waals surface area (Å²) in [6.45, 7) is 1.40. The van der Waals surface area contributed by atoms with E-state index in [0.29, 0.717) is 24.2 Å². The van der Waals surface area contributed by atoms with Crippen molar-refractivity contribution in [2.24, 2.45) is 0 Å². The van der Waals surface area contributed by atoms with Crippen LogP contribution in [0.5, 0.6) is 0 Å². The normalized spacial score (nSPS) is 13.8. The average Bonchev–Trinajstić information content (AvgIpc) is 3.35. The van der Waals surface area contributed by atoms with Crippen LogP contribution in [-0.2, 0) is 11.3 Å². The first-order valence-electron chi connectivity index (χ1n) is 8.70. The summed E-state index contributed by atoms with van der Waals surface area (Å²) in [5, 5.41) is 13.9. The number of amides is 2. The second-order valence-electron chi connectivity index (χ2n) is 6.37. The molecule has 1 fully saturated rings. The molecule has 0 atom stereocenters. The molecule has 2 heterocycles. The Hall–Kier alpha value is -3.55. The second kappa shape index (κ2) is 7.36. The van der Waals surface area contributed by atoms with Gasteiger partial charge in [0.25, 0.3) is 5.91 Å². The van der Waals surface area contributed by atoms with Gasteiger partial charge in [0.2, 0.25) is 5.91 Å². The Morgan fingerprint density at radius 3 is 2.70 bits per heavy atom. The number of anilines is 1. The van der Waals surface area contributed by atoms with Crippen LogP contribution < -0.4 is 5.32 Å². The van der Waals surface area contributed by atoms with Crippen molar-refractivity contribution in [1.82, 2.24) is 25.1 Å². The van der Waals surface area contributed by atoms with Gasteiger partial charge in [-0.2, -0.15) is 0 Å². The maximum absolute atomic E-state index is 12.5. The highest BCUT2D eigenvalue weighted by Crippen LogP contribution is 2.17. The minimum absolute atomic E-state index is 0.194. The summed E-state index contributed by atoms with van der Waals surface area (Å²) < 4.78 is 1.52. The van der Waals surface area contributed by atoms with Gasteiger partial charge in [-0.1, -0.05) is 18.2 Å². The molecule has 1 N–H and O–H groups in total. The van der Waals surface area contributed by atoms with Crippen molar-refractivity contribution in [3.05, 3.63) is 66.0 Å². The molecule has 27 heavy (non-hydrogen) atoms. The van der Waals surface area contributed by atoms with Crippen LogP contribution >= 0.6 is 0 Å². The van der Waals surface area contributed by atoms with Crippen molar-refractivity contribution in [2.75, 3.05) is 11.9 Å². The molecule has 8 nitrogen and oxygen atoms in total. The third-order valence-corrected chi connectivity index (χ3v) is 4.48. The van der Waals surface area contributed by atoms with Crippen LogP contribution in [0.2, 0.25) is 0 Å². The van der Waals surface area contributed by atoms with E-state index in [0.717, 1.165) is 24.2 Å². The fourth-order valence-electron chi connectivity index (χ4n) is 3.06. The van der Waals surface area contributed by atoms with Crippen molar-refractivity contribution in [3.63, 3.8) is 0 Å². The Kier molecular flexibility index (Phi) is 4.61. The molecule has 0 aliphatic carbocycles. The third kappa shape index (κ3) is 3.84.